The average molecular weight is 291 g/mol. The second-order valence-corrected chi connectivity index (χ2v) is 6.36. The number of carbonyl (C=O) groups is 1. The Morgan fingerprint density at radius 1 is 1.33 bits per heavy atom. The first-order valence-corrected chi connectivity index (χ1v) is 7.55. The summed E-state index contributed by atoms with van der Waals surface area (Å²) in [4.78, 5) is 12.1. The van der Waals surface area contributed by atoms with Gasteiger partial charge in [-0.1, -0.05) is 30.3 Å². The number of ether oxygens (including phenoxy) is 2. The molecule has 1 aliphatic heterocycles. The molecule has 1 N–H and O–H groups in total. The van der Waals surface area contributed by atoms with E-state index in [0.717, 1.165) is 18.4 Å². The number of rotatable bonds is 6. The van der Waals surface area contributed by atoms with Gasteiger partial charge in [-0.3, -0.25) is 4.79 Å². The number of carbonyl (C=O) groups excluding carboxylic acids is 1. The molecule has 2 atom stereocenters. The summed E-state index contributed by atoms with van der Waals surface area (Å²) in [6.45, 7) is 6.96. The van der Waals surface area contributed by atoms with Crippen LogP contribution in [-0.2, 0) is 20.9 Å². The highest BCUT2D eigenvalue weighted by atomic mass is 16.5. The molecule has 1 aromatic carbocycles. The Balaban J connectivity index is 1.75. The van der Waals surface area contributed by atoms with Crippen LogP contribution in [0.4, 0.5) is 0 Å². The number of benzene rings is 1. The lowest BCUT2D eigenvalue weighted by Gasteiger charge is -2.27. The van der Waals surface area contributed by atoms with Gasteiger partial charge in [0.1, 0.15) is 6.10 Å². The SMILES string of the molecule is C[C@@H]1CC[C@@H](C(=O)NC(C)(C)COCc2ccccc2)O1. The van der Waals surface area contributed by atoms with E-state index in [1.807, 2.05) is 51.1 Å². The van der Waals surface area contributed by atoms with E-state index in [1.54, 1.807) is 0 Å². The maximum absolute atomic E-state index is 12.1. The summed E-state index contributed by atoms with van der Waals surface area (Å²) in [5, 5.41) is 3.02. The summed E-state index contributed by atoms with van der Waals surface area (Å²) >= 11 is 0. The second-order valence-electron chi connectivity index (χ2n) is 6.36. The summed E-state index contributed by atoms with van der Waals surface area (Å²) < 4.78 is 11.3. The molecule has 1 amide bonds. The Morgan fingerprint density at radius 2 is 2.05 bits per heavy atom. The van der Waals surface area contributed by atoms with Gasteiger partial charge in [0.2, 0.25) is 5.91 Å². The van der Waals surface area contributed by atoms with Crippen molar-refractivity contribution < 1.29 is 14.3 Å². The molecular weight excluding hydrogens is 266 g/mol. The van der Waals surface area contributed by atoms with Crippen LogP contribution in [0.1, 0.15) is 39.2 Å². The highest BCUT2D eigenvalue weighted by Gasteiger charge is 2.31. The van der Waals surface area contributed by atoms with Crippen molar-refractivity contribution in [3.63, 3.8) is 0 Å². The highest BCUT2D eigenvalue weighted by molar-refractivity contribution is 5.81. The molecule has 1 fully saturated rings. The molecule has 21 heavy (non-hydrogen) atoms. The summed E-state index contributed by atoms with van der Waals surface area (Å²) in [5.74, 6) is -0.0346. The second kappa shape index (κ2) is 7.05. The fourth-order valence-electron chi connectivity index (χ4n) is 2.44. The van der Waals surface area contributed by atoms with Crippen LogP contribution < -0.4 is 5.32 Å². The predicted octanol–water partition coefficient (Wildman–Crippen LogP) is 2.67. The van der Waals surface area contributed by atoms with Crippen molar-refractivity contribution in [2.24, 2.45) is 0 Å². The monoisotopic (exact) mass is 291 g/mol. The fraction of sp³-hybridized carbons (Fsp3) is 0.588. The molecule has 0 aliphatic carbocycles. The van der Waals surface area contributed by atoms with Gasteiger partial charge >= 0.3 is 0 Å². The van der Waals surface area contributed by atoms with Gasteiger partial charge in [-0.15, -0.1) is 0 Å². The zero-order valence-corrected chi connectivity index (χ0v) is 13.1. The van der Waals surface area contributed by atoms with Gasteiger partial charge in [0, 0.05) is 0 Å². The van der Waals surface area contributed by atoms with E-state index in [1.165, 1.54) is 0 Å². The molecule has 0 unspecified atom stereocenters. The maximum atomic E-state index is 12.1. The minimum absolute atomic E-state index is 0.0346. The van der Waals surface area contributed by atoms with Gasteiger partial charge < -0.3 is 14.8 Å². The molecule has 4 heteroatoms. The number of hydrogen-bond acceptors (Lipinski definition) is 3. The van der Waals surface area contributed by atoms with Gasteiger partial charge in [-0.2, -0.15) is 0 Å². The predicted molar refractivity (Wildman–Crippen MR) is 81.9 cm³/mol. The van der Waals surface area contributed by atoms with Crippen LogP contribution in [0.2, 0.25) is 0 Å². The molecule has 0 aromatic heterocycles. The largest absolute Gasteiger partial charge is 0.374 e. The van der Waals surface area contributed by atoms with Crippen molar-refractivity contribution in [1.82, 2.24) is 5.32 Å². The van der Waals surface area contributed by atoms with E-state index in [9.17, 15) is 4.79 Å². The smallest absolute Gasteiger partial charge is 0.249 e. The molecule has 116 valence electrons. The Hall–Kier alpha value is -1.39. The van der Waals surface area contributed by atoms with Gasteiger partial charge in [-0.25, -0.2) is 0 Å². The third-order valence-electron chi connectivity index (χ3n) is 3.56. The lowest BCUT2D eigenvalue weighted by Crippen LogP contribution is -2.50. The maximum Gasteiger partial charge on any atom is 0.249 e. The molecule has 1 aromatic rings. The number of nitrogens with one attached hydrogen (secondary N) is 1. The molecule has 0 radical (unpaired) electrons. The normalized spacial score (nSPS) is 22.2. The first kappa shape index (κ1) is 16.0. The van der Waals surface area contributed by atoms with Crippen molar-refractivity contribution in [1.29, 1.82) is 0 Å². The number of amides is 1. The standard InChI is InChI=1S/C17H25NO3/c1-13-9-10-15(21-13)16(19)18-17(2,3)12-20-11-14-7-5-4-6-8-14/h4-8,13,15H,9-12H2,1-3H3,(H,18,19)/t13-,15+/m1/s1. The summed E-state index contributed by atoms with van der Waals surface area (Å²) in [5.41, 5.74) is 0.730. The van der Waals surface area contributed by atoms with E-state index >= 15 is 0 Å². The number of hydrogen-bond donors (Lipinski definition) is 1. The lowest BCUT2D eigenvalue weighted by atomic mass is 10.1. The van der Waals surface area contributed by atoms with Gasteiger partial charge in [0.25, 0.3) is 0 Å². The van der Waals surface area contributed by atoms with Crippen LogP contribution in [0.3, 0.4) is 0 Å². The molecule has 1 aliphatic rings. The van der Waals surface area contributed by atoms with E-state index in [2.05, 4.69) is 5.32 Å². The van der Waals surface area contributed by atoms with Gasteiger partial charge in [0.15, 0.2) is 0 Å². The summed E-state index contributed by atoms with van der Waals surface area (Å²) in [6, 6.07) is 10.0. The molecule has 0 bridgehead atoms. The Bertz CT molecular complexity index is 458. The average Bonchev–Trinajstić information content (AvgIpc) is 2.86. The third-order valence-corrected chi connectivity index (χ3v) is 3.56. The van der Waals surface area contributed by atoms with Gasteiger partial charge in [0.05, 0.1) is 24.9 Å². The minimum atomic E-state index is -0.402. The molecule has 4 nitrogen and oxygen atoms in total. The van der Waals surface area contributed by atoms with Crippen LogP contribution in [0.5, 0.6) is 0 Å². The van der Waals surface area contributed by atoms with E-state index < -0.39 is 5.54 Å². The third kappa shape index (κ3) is 5.14. The Kier molecular flexibility index (Phi) is 5.37. The van der Waals surface area contributed by atoms with Crippen LogP contribution in [-0.4, -0.2) is 30.3 Å². The summed E-state index contributed by atoms with van der Waals surface area (Å²) in [6.07, 6.45) is 1.61. The van der Waals surface area contributed by atoms with E-state index in [-0.39, 0.29) is 18.1 Å². The minimum Gasteiger partial charge on any atom is -0.374 e. The Morgan fingerprint density at radius 3 is 2.67 bits per heavy atom. The van der Waals surface area contributed by atoms with Crippen LogP contribution in [0.15, 0.2) is 30.3 Å². The topological polar surface area (TPSA) is 47.6 Å². The first-order valence-electron chi connectivity index (χ1n) is 7.55. The molecular formula is C17H25NO3. The summed E-state index contributed by atoms with van der Waals surface area (Å²) in [7, 11) is 0. The van der Waals surface area contributed by atoms with Crippen molar-refractivity contribution in [3.8, 4) is 0 Å². The van der Waals surface area contributed by atoms with Crippen molar-refractivity contribution >= 4 is 5.91 Å². The Labute approximate surface area is 126 Å². The van der Waals surface area contributed by atoms with Gasteiger partial charge in [-0.05, 0) is 39.2 Å². The molecule has 1 heterocycles. The van der Waals surface area contributed by atoms with Crippen LogP contribution >= 0.6 is 0 Å². The van der Waals surface area contributed by atoms with Crippen molar-refractivity contribution in [2.75, 3.05) is 6.61 Å². The van der Waals surface area contributed by atoms with Crippen molar-refractivity contribution in [3.05, 3.63) is 35.9 Å². The first-order chi connectivity index (χ1) is 9.96. The highest BCUT2D eigenvalue weighted by Crippen LogP contribution is 2.20. The molecule has 1 saturated heterocycles. The zero-order valence-electron chi connectivity index (χ0n) is 13.1. The van der Waals surface area contributed by atoms with E-state index in [4.69, 9.17) is 9.47 Å². The van der Waals surface area contributed by atoms with Crippen LogP contribution in [0.25, 0.3) is 0 Å². The quantitative estimate of drug-likeness (QED) is 0.876. The molecule has 2 rings (SSSR count). The van der Waals surface area contributed by atoms with Crippen molar-refractivity contribution in [2.45, 2.75) is 58.0 Å². The lowest BCUT2D eigenvalue weighted by molar-refractivity contribution is -0.134. The molecule has 0 spiro atoms. The molecule has 0 saturated carbocycles. The van der Waals surface area contributed by atoms with Crippen LogP contribution in [0, 0.1) is 0 Å². The zero-order chi connectivity index (χ0) is 15.3. The fourth-order valence-corrected chi connectivity index (χ4v) is 2.44. The van der Waals surface area contributed by atoms with E-state index in [0.29, 0.717) is 13.2 Å².